The zero-order valence-electron chi connectivity index (χ0n) is 31.4. The number of ether oxygens (including phenoxy) is 3. The zero-order chi connectivity index (χ0) is 36.5. The third-order valence-electron chi connectivity index (χ3n) is 9.74. The lowest BCUT2D eigenvalue weighted by atomic mass is 9.83. The predicted octanol–water partition coefficient (Wildman–Crippen LogP) is 8.60. The van der Waals surface area contributed by atoms with Crippen LogP contribution in [0.25, 0.3) is 0 Å². The number of likely N-dealkylation sites (N-methyl/N-ethyl adjacent to an activating group) is 1. The van der Waals surface area contributed by atoms with Crippen molar-refractivity contribution in [3.63, 3.8) is 0 Å². The number of carbonyl (C=O) groups is 2. The van der Waals surface area contributed by atoms with Crippen molar-refractivity contribution < 1.29 is 28.2 Å². The second-order valence-corrected chi connectivity index (χ2v) is 13.6. The van der Waals surface area contributed by atoms with Crippen LogP contribution in [0.1, 0.15) is 105 Å². The molecule has 1 aliphatic heterocycles. The quantitative estimate of drug-likeness (QED) is 0.0369. The van der Waals surface area contributed by atoms with Gasteiger partial charge in [0.25, 0.3) is 5.91 Å². The van der Waals surface area contributed by atoms with Crippen LogP contribution in [0.5, 0.6) is 0 Å². The molecule has 276 valence electrons. The van der Waals surface area contributed by atoms with Gasteiger partial charge in [0.2, 0.25) is 6.41 Å². The summed E-state index contributed by atoms with van der Waals surface area (Å²) < 4.78 is 31.7. The van der Waals surface area contributed by atoms with Gasteiger partial charge in [-0.2, -0.15) is 0 Å². The fraction of sp³-hybridized carbons (Fsp3) is 0.585. The van der Waals surface area contributed by atoms with Gasteiger partial charge in [0.05, 0.1) is 18.5 Å². The molecule has 3 rings (SSSR count). The molecule has 9 heteroatoms. The van der Waals surface area contributed by atoms with E-state index in [0.717, 1.165) is 60.5 Å². The van der Waals surface area contributed by atoms with Crippen molar-refractivity contribution in [2.24, 2.45) is 16.8 Å². The molecule has 8 nitrogen and oxygen atoms in total. The molecule has 0 spiro atoms. The van der Waals surface area contributed by atoms with Gasteiger partial charge in [0.1, 0.15) is 17.7 Å². The maximum absolute atomic E-state index is 14.1. The molecule has 1 saturated heterocycles. The summed E-state index contributed by atoms with van der Waals surface area (Å²) in [7, 11) is 0. The highest BCUT2D eigenvalue weighted by atomic mass is 19.1. The number of benzene rings is 1. The van der Waals surface area contributed by atoms with Crippen LogP contribution in [0.4, 0.5) is 4.39 Å². The summed E-state index contributed by atoms with van der Waals surface area (Å²) in [6, 6.07) is 6.59. The monoisotopic (exact) mass is 693 g/mol. The van der Waals surface area contributed by atoms with Crippen molar-refractivity contribution in [1.29, 1.82) is 0 Å². The normalized spacial score (nSPS) is 20.8. The van der Waals surface area contributed by atoms with Gasteiger partial charge in [-0.05, 0) is 141 Å². The summed E-state index contributed by atoms with van der Waals surface area (Å²) in [5.41, 5.74) is 5.05. The summed E-state index contributed by atoms with van der Waals surface area (Å²) in [6.07, 6.45) is 14.1. The number of carbonyl (C=O) groups excluding carboxylic acids is 2. The van der Waals surface area contributed by atoms with E-state index in [1.54, 1.807) is 6.92 Å². The SMILES string of the molecule is C/C=C(\C=NC(=C(C)C)/C(=C/C)C(CC/C(C(=O)N(CC)CCCOC1CCCCO1)=C(\C)NC=O)Cc1ccc(F)cc1)OC1CCC1C. The van der Waals surface area contributed by atoms with E-state index in [-0.39, 0.29) is 30.0 Å². The van der Waals surface area contributed by atoms with E-state index in [2.05, 4.69) is 18.3 Å². The van der Waals surface area contributed by atoms with Crippen molar-refractivity contribution in [3.8, 4) is 0 Å². The van der Waals surface area contributed by atoms with Crippen molar-refractivity contribution in [2.75, 3.05) is 26.3 Å². The third kappa shape index (κ3) is 12.6. The average Bonchev–Trinajstić information content (AvgIpc) is 3.11. The largest absolute Gasteiger partial charge is 0.489 e. The van der Waals surface area contributed by atoms with Crippen molar-refractivity contribution in [1.82, 2.24) is 10.2 Å². The molecule has 2 aliphatic rings. The first-order valence-corrected chi connectivity index (χ1v) is 18.5. The number of allylic oxidation sites excluding steroid dienone is 6. The minimum absolute atomic E-state index is 0.0556. The standard InChI is InChI=1S/C41H60FN3O5/c1-8-35(50-38-22-15-30(38)6)27-43-40(29(4)5)36(9-2)33(26-32-16-19-34(42)20-17-32)18-21-37(31(7)44-28-46)41(47)45(10-3)23-13-25-49-39-14-11-12-24-48-39/h8-9,16-17,19-20,27-28,30,33,38-39H,10-15,18,21-26H2,1-7H3,(H,44,46)/b35-8+,36-9+,37-31-,43-27?. The van der Waals surface area contributed by atoms with E-state index in [1.807, 2.05) is 63.9 Å². The predicted molar refractivity (Wildman–Crippen MR) is 199 cm³/mol. The highest BCUT2D eigenvalue weighted by molar-refractivity contribution is 5.94. The van der Waals surface area contributed by atoms with Gasteiger partial charge in [-0.25, -0.2) is 4.39 Å². The molecular formula is C41H60FN3O5. The second-order valence-electron chi connectivity index (χ2n) is 13.6. The van der Waals surface area contributed by atoms with E-state index < -0.39 is 0 Å². The lowest BCUT2D eigenvalue weighted by Gasteiger charge is -2.34. The Labute approximate surface area is 299 Å². The van der Waals surface area contributed by atoms with Gasteiger partial charge >= 0.3 is 0 Å². The van der Waals surface area contributed by atoms with E-state index in [9.17, 15) is 14.0 Å². The second kappa shape index (κ2) is 21.6. The number of nitrogens with zero attached hydrogens (tertiary/aromatic N) is 2. The van der Waals surface area contributed by atoms with E-state index in [0.29, 0.717) is 69.0 Å². The highest BCUT2D eigenvalue weighted by Gasteiger charge is 2.29. The van der Waals surface area contributed by atoms with Crippen molar-refractivity contribution >= 4 is 18.5 Å². The summed E-state index contributed by atoms with van der Waals surface area (Å²) in [5.74, 6) is 0.834. The molecule has 1 heterocycles. The molecule has 1 aromatic carbocycles. The third-order valence-corrected chi connectivity index (χ3v) is 9.74. The Balaban J connectivity index is 1.84. The van der Waals surface area contributed by atoms with Crippen LogP contribution >= 0.6 is 0 Å². The summed E-state index contributed by atoms with van der Waals surface area (Å²) >= 11 is 0. The summed E-state index contributed by atoms with van der Waals surface area (Å²) in [5, 5.41) is 2.75. The van der Waals surface area contributed by atoms with Crippen molar-refractivity contribution in [2.45, 2.75) is 119 Å². The Morgan fingerprint density at radius 1 is 1.12 bits per heavy atom. The molecular weight excluding hydrogens is 633 g/mol. The average molecular weight is 694 g/mol. The van der Waals surface area contributed by atoms with E-state index >= 15 is 0 Å². The minimum atomic E-state index is -0.284. The maximum atomic E-state index is 14.1. The zero-order valence-corrected chi connectivity index (χ0v) is 31.4. The number of hydrogen-bond acceptors (Lipinski definition) is 6. The van der Waals surface area contributed by atoms with Gasteiger partial charge in [-0.15, -0.1) is 0 Å². The number of nitrogens with one attached hydrogen (secondary N) is 1. The van der Waals surface area contributed by atoms with Crippen LogP contribution < -0.4 is 5.32 Å². The van der Waals surface area contributed by atoms with Gasteiger partial charge < -0.3 is 24.4 Å². The first-order valence-electron chi connectivity index (χ1n) is 18.5. The van der Waals surface area contributed by atoms with Crippen LogP contribution in [0, 0.1) is 17.7 Å². The molecule has 4 unspecified atom stereocenters. The number of aliphatic imine (C=N–C) groups is 1. The van der Waals surface area contributed by atoms with Gasteiger partial charge in [-0.1, -0.05) is 30.7 Å². The molecule has 0 aromatic heterocycles. The van der Waals surface area contributed by atoms with Gasteiger partial charge in [0, 0.05) is 31.0 Å². The molecule has 0 radical (unpaired) electrons. The summed E-state index contributed by atoms with van der Waals surface area (Å²) in [4.78, 5) is 32.4. The smallest absolute Gasteiger partial charge is 0.251 e. The van der Waals surface area contributed by atoms with E-state index in [1.165, 1.54) is 18.6 Å². The first-order chi connectivity index (χ1) is 24.1. The fourth-order valence-electron chi connectivity index (χ4n) is 6.47. The first kappa shape index (κ1) is 40.9. The Kier molecular flexibility index (Phi) is 17.7. The Bertz CT molecular complexity index is 1390. The molecule has 2 fully saturated rings. The summed E-state index contributed by atoms with van der Waals surface area (Å²) in [6.45, 7) is 16.3. The molecule has 1 N–H and O–H groups in total. The molecule has 50 heavy (non-hydrogen) atoms. The number of rotatable bonds is 20. The molecule has 1 aliphatic carbocycles. The number of amides is 2. The fourth-order valence-corrected chi connectivity index (χ4v) is 6.47. The topological polar surface area (TPSA) is 89.5 Å². The van der Waals surface area contributed by atoms with E-state index in [4.69, 9.17) is 19.2 Å². The van der Waals surface area contributed by atoms with Crippen LogP contribution in [0.3, 0.4) is 0 Å². The Morgan fingerprint density at radius 3 is 2.44 bits per heavy atom. The van der Waals surface area contributed by atoms with Crippen LogP contribution in [-0.2, 0) is 30.2 Å². The number of halogens is 1. The molecule has 2 amide bonds. The lowest BCUT2D eigenvalue weighted by Crippen LogP contribution is -2.35. The van der Waals surface area contributed by atoms with Crippen LogP contribution in [0.2, 0.25) is 0 Å². The Hall–Kier alpha value is -3.56. The molecule has 1 aromatic rings. The number of hydrogen-bond donors (Lipinski definition) is 1. The highest BCUT2D eigenvalue weighted by Crippen LogP contribution is 2.34. The minimum Gasteiger partial charge on any atom is -0.489 e. The Morgan fingerprint density at radius 2 is 1.88 bits per heavy atom. The maximum Gasteiger partial charge on any atom is 0.251 e. The van der Waals surface area contributed by atoms with Gasteiger partial charge in [-0.3, -0.25) is 14.6 Å². The van der Waals surface area contributed by atoms with Gasteiger partial charge in [0.15, 0.2) is 6.29 Å². The van der Waals surface area contributed by atoms with Crippen molar-refractivity contribution in [3.05, 3.63) is 81.7 Å². The van der Waals surface area contributed by atoms with Crippen LogP contribution in [0.15, 0.2) is 75.3 Å². The molecule has 1 saturated carbocycles. The van der Waals surface area contributed by atoms with Crippen LogP contribution in [-0.4, -0.2) is 62.1 Å². The lowest BCUT2D eigenvalue weighted by molar-refractivity contribution is -0.163. The molecule has 4 atom stereocenters. The molecule has 0 bridgehead atoms.